The SMILES string of the molecule is Cc1ccc(Cc2nc(C)c(C#N)cc2C)nc1C. The number of nitrogens with zero attached hydrogens (tertiary/aromatic N) is 3. The molecule has 3 nitrogen and oxygen atoms in total. The predicted molar refractivity (Wildman–Crippen MR) is 74.9 cm³/mol. The van der Waals surface area contributed by atoms with Gasteiger partial charge in [-0.15, -0.1) is 0 Å². The molecular weight excluding hydrogens is 234 g/mol. The zero-order chi connectivity index (χ0) is 14.0. The second-order valence-electron chi connectivity index (χ2n) is 4.88. The summed E-state index contributed by atoms with van der Waals surface area (Å²) in [6.07, 6.45) is 0.708. The Hall–Kier alpha value is -2.21. The van der Waals surface area contributed by atoms with Gasteiger partial charge in [-0.25, -0.2) is 0 Å². The molecule has 0 aliphatic carbocycles. The van der Waals surface area contributed by atoms with Crippen LogP contribution in [-0.2, 0) is 6.42 Å². The molecule has 0 fully saturated rings. The molecule has 2 aromatic heterocycles. The van der Waals surface area contributed by atoms with Crippen molar-refractivity contribution in [3.8, 4) is 6.07 Å². The van der Waals surface area contributed by atoms with Crippen LogP contribution in [0.25, 0.3) is 0 Å². The van der Waals surface area contributed by atoms with E-state index < -0.39 is 0 Å². The molecule has 0 N–H and O–H groups in total. The summed E-state index contributed by atoms with van der Waals surface area (Å²) in [6, 6.07) is 8.19. The van der Waals surface area contributed by atoms with Crippen LogP contribution in [-0.4, -0.2) is 9.97 Å². The van der Waals surface area contributed by atoms with Gasteiger partial charge in [-0.2, -0.15) is 5.26 Å². The Kier molecular flexibility index (Phi) is 3.62. The minimum absolute atomic E-state index is 0.647. The molecule has 0 unspecified atom stereocenters. The van der Waals surface area contributed by atoms with Crippen LogP contribution in [0, 0.1) is 39.0 Å². The third-order valence-corrected chi connectivity index (χ3v) is 3.39. The Morgan fingerprint density at radius 1 is 1.00 bits per heavy atom. The van der Waals surface area contributed by atoms with Crippen molar-refractivity contribution in [2.45, 2.75) is 34.1 Å². The van der Waals surface area contributed by atoms with Crippen molar-refractivity contribution in [3.05, 3.63) is 57.7 Å². The van der Waals surface area contributed by atoms with Gasteiger partial charge in [0.1, 0.15) is 6.07 Å². The van der Waals surface area contributed by atoms with Gasteiger partial charge in [-0.3, -0.25) is 9.97 Å². The van der Waals surface area contributed by atoms with E-state index in [0.29, 0.717) is 12.0 Å². The lowest BCUT2D eigenvalue weighted by molar-refractivity contribution is 0.950. The van der Waals surface area contributed by atoms with Crippen LogP contribution in [0.15, 0.2) is 18.2 Å². The Morgan fingerprint density at radius 2 is 1.74 bits per heavy atom. The van der Waals surface area contributed by atoms with Crippen LogP contribution in [0.2, 0.25) is 0 Å². The fourth-order valence-corrected chi connectivity index (χ4v) is 2.00. The second kappa shape index (κ2) is 5.19. The van der Waals surface area contributed by atoms with E-state index in [1.54, 1.807) is 0 Å². The van der Waals surface area contributed by atoms with E-state index in [-0.39, 0.29) is 0 Å². The summed E-state index contributed by atoms with van der Waals surface area (Å²) in [4.78, 5) is 9.10. The molecular formula is C16H17N3. The number of nitriles is 1. The molecule has 0 aromatic carbocycles. The molecule has 2 aromatic rings. The maximum atomic E-state index is 8.99. The molecule has 0 aliphatic rings. The molecule has 0 atom stereocenters. The highest BCUT2D eigenvalue weighted by atomic mass is 14.7. The molecule has 96 valence electrons. The third-order valence-electron chi connectivity index (χ3n) is 3.39. The number of aromatic nitrogens is 2. The van der Waals surface area contributed by atoms with Crippen LogP contribution < -0.4 is 0 Å². The maximum Gasteiger partial charge on any atom is 0.101 e. The summed E-state index contributed by atoms with van der Waals surface area (Å²) in [6.45, 7) is 7.93. The van der Waals surface area contributed by atoms with E-state index in [1.165, 1.54) is 5.56 Å². The summed E-state index contributed by atoms with van der Waals surface area (Å²) in [5.74, 6) is 0. The minimum atomic E-state index is 0.647. The van der Waals surface area contributed by atoms with Crippen molar-refractivity contribution in [3.63, 3.8) is 0 Å². The Bertz CT molecular complexity index is 666. The number of hydrogen-bond acceptors (Lipinski definition) is 3. The maximum absolute atomic E-state index is 8.99. The van der Waals surface area contributed by atoms with Gasteiger partial charge in [0, 0.05) is 23.5 Å². The van der Waals surface area contributed by atoms with Gasteiger partial charge in [0.2, 0.25) is 0 Å². The number of rotatable bonds is 2. The van der Waals surface area contributed by atoms with E-state index in [2.05, 4.69) is 29.0 Å². The summed E-state index contributed by atoms with van der Waals surface area (Å²) in [5.41, 5.74) is 6.74. The van der Waals surface area contributed by atoms with E-state index in [0.717, 1.165) is 28.3 Å². The summed E-state index contributed by atoms with van der Waals surface area (Å²) >= 11 is 0. The summed E-state index contributed by atoms with van der Waals surface area (Å²) < 4.78 is 0. The average molecular weight is 251 g/mol. The molecule has 2 heterocycles. The summed E-state index contributed by atoms with van der Waals surface area (Å²) in [5, 5.41) is 8.99. The monoisotopic (exact) mass is 251 g/mol. The molecule has 0 saturated heterocycles. The summed E-state index contributed by atoms with van der Waals surface area (Å²) in [7, 11) is 0. The standard InChI is InChI=1S/C16H17N3/c1-10-5-6-15(18-12(10)3)8-16-11(2)7-14(9-17)13(4)19-16/h5-7H,8H2,1-4H3. The first-order valence-electron chi connectivity index (χ1n) is 6.31. The van der Waals surface area contributed by atoms with Gasteiger partial charge < -0.3 is 0 Å². The quantitative estimate of drug-likeness (QED) is 0.823. The highest BCUT2D eigenvalue weighted by Crippen LogP contribution is 2.15. The van der Waals surface area contributed by atoms with Crippen LogP contribution in [0.5, 0.6) is 0 Å². The lowest BCUT2D eigenvalue weighted by Gasteiger charge is -2.08. The lowest BCUT2D eigenvalue weighted by Crippen LogP contribution is -2.02. The minimum Gasteiger partial charge on any atom is -0.257 e. The molecule has 0 amide bonds. The molecule has 0 saturated carbocycles. The highest BCUT2D eigenvalue weighted by molar-refractivity contribution is 5.39. The molecule has 0 spiro atoms. The molecule has 0 aliphatic heterocycles. The lowest BCUT2D eigenvalue weighted by atomic mass is 10.1. The van der Waals surface area contributed by atoms with Crippen molar-refractivity contribution in [1.29, 1.82) is 5.26 Å². The Morgan fingerprint density at radius 3 is 2.37 bits per heavy atom. The van der Waals surface area contributed by atoms with Crippen molar-refractivity contribution < 1.29 is 0 Å². The van der Waals surface area contributed by atoms with Gasteiger partial charge in [0.25, 0.3) is 0 Å². The zero-order valence-corrected chi connectivity index (χ0v) is 11.8. The van der Waals surface area contributed by atoms with Crippen LogP contribution in [0.4, 0.5) is 0 Å². The first kappa shape index (κ1) is 13.2. The fraction of sp³-hybridized carbons (Fsp3) is 0.312. The first-order chi connectivity index (χ1) is 9.01. The van der Waals surface area contributed by atoms with E-state index in [1.807, 2.05) is 32.9 Å². The number of aryl methyl sites for hydroxylation is 4. The first-order valence-corrected chi connectivity index (χ1v) is 6.31. The topological polar surface area (TPSA) is 49.6 Å². The number of hydrogen-bond donors (Lipinski definition) is 0. The number of pyridine rings is 2. The molecule has 0 bridgehead atoms. The van der Waals surface area contributed by atoms with E-state index >= 15 is 0 Å². The van der Waals surface area contributed by atoms with Crippen molar-refractivity contribution in [2.24, 2.45) is 0 Å². The van der Waals surface area contributed by atoms with Crippen LogP contribution in [0.1, 0.15) is 39.5 Å². The van der Waals surface area contributed by atoms with Gasteiger partial charge in [-0.1, -0.05) is 6.07 Å². The van der Waals surface area contributed by atoms with E-state index in [9.17, 15) is 0 Å². The van der Waals surface area contributed by atoms with Crippen molar-refractivity contribution >= 4 is 0 Å². The van der Waals surface area contributed by atoms with Gasteiger partial charge in [-0.05, 0) is 51.0 Å². The molecule has 19 heavy (non-hydrogen) atoms. The third kappa shape index (κ3) is 2.79. The van der Waals surface area contributed by atoms with Crippen molar-refractivity contribution in [2.75, 3.05) is 0 Å². The van der Waals surface area contributed by atoms with Crippen LogP contribution in [0.3, 0.4) is 0 Å². The molecule has 2 rings (SSSR count). The normalized spacial score (nSPS) is 10.3. The van der Waals surface area contributed by atoms with Gasteiger partial charge in [0.05, 0.1) is 11.3 Å². The second-order valence-corrected chi connectivity index (χ2v) is 4.88. The fourth-order valence-electron chi connectivity index (χ4n) is 2.00. The zero-order valence-electron chi connectivity index (χ0n) is 11.8. The van der Waals surface area contributed by atoms with Crippen molar-refractivity contribution in [1.82, 2.24) is 9.97 Å². The molecule has 0 radical (unpaired) electrons. The molecule has 3 heteroatoms. The van der Waals surface area contributed by atoms with E-state index in [4.69, 9.17) is 5.26 Å². The van der Waals surface area contributed by atoms with Gasteiger partial charge in [0.15, 0.2) is 0 Å². The highest BCUT2D eigenvalue weighted by Gasteiger charge is 2.08. The van der Waals surface area contributed by atoms with Crippen LogP contribution >= 0.6 is 0 Å². The Labute approximate surface area is 114 Å². The smallest absolute Gasteiger partial charge is 0.101 e. The average Bonchev–Trinajstić information content (AvgIpc) is 2.38. The largest absolute Gasteiger partial charge is 0.257 e. The Balaban J connectivity index is 2.36. The van der Waals surface area contributed by atoms with Gasteiger partial charge >= 0.3 is 0 Å². The predicted octanol–water partition coefficient (Wildman–Crippen LogP) is 3.17.